The van der Waals surface area contributed by atoms with Gasteiger partial charge in [0, 0.05) is 11.6 Å². The first-order valence-electron chi connectivity index (χ1n) is 10.6. The minimum Gasteiger partial charge on any atom is -0.493 e. The molecule has 0 aromatic heterocycles. The fraction of sp³-hybridized carbons (Fsp3) is 0.292. The molecule has 0 aliphatic carbocycles. The SMILES string of the molecule is COc1ccc(CCNC(=O)CN2C(=O)N[C@H](c3ccccc3Cl)C3=C2COC3=O)cc1OC. The zero-order chi connectivity index (χ0) is 24.2. The fourth-order valence-electron chi connectivity index (χ4n) is 4.00. The number of carbonyl (C=O) groups is 3. The van der Waals surface area contributed by atoms with Crippen molar-refractivity contribution in [2.45, 2.75) is 12.5 Å². The number of urea groups is 1. The molecule has 34 heavy (non-hydrogen) atoms. The van der Waals surface area contributed by atoms with E-state index in [1.807, 2.05) is 12.1 Å². The summed E-state index contributed by atoms with van der Waals surface area (Å²) in [5, 5.41) is 6.00. The highest BCUT2D eigenvalue weighted by Gasteiger charge is 2.43. The van der Waals surface area contributed by atoms with Crippen LogP contribution in [0.15, 0.2) is 53.7 Å². The number of methoxy groups -OCH3 is 2. The third-order valence-corrected chi connectivity index (χ3v) is 6.04. The number of nitrogens with one attached hydrogen (secondary N) is 2. The van der Waals surface area contributed by atoms with E-state index in [2.05, 4.69) is 10.6 Å². The van der Waals surface area contributed by atoms with Gasteiger partial charge in [-0.05, 0) is 35.7 Å². The molecule has 4 rings (SSSR count). The molecule has 2 heterocycles. The summed E-state index contributed by atoms with van der Waals surface area (Å²) in [4.78, 5) is 39.1. The van der Waals surface area contributed by atoms with Crippen molar-refractivity contribution in [2.24, 2.45) is 0 Å². The lowest BCUT2D eigenvalue weighted by molar-refractivity contribution is -0.136. The second-order valence-electron chi connectivity index (χ2n) is 7.72. The molecule has 0 saturated carbocycles. The molecule has 0 radical (unpaired) electrons. The predicted octanol–water partition coefficient (Wildman–Crippen LogP) is 2.59. The number of halogens is 1. The molecular weight excluding hydrogens is 462 g/mol. The maximum Gasteiger partial charge on any atom is 0.338 e. The van der Waals surface area contributed by atoms with Crippen LogP contribution in [0, 0.1) is 0 Å². The molecule has 0 unspecified atom stereocenters. The van der Waals surface area contributed by atoms with Gasteiger partial charge in [-0.15, -0.1) is 0 Å². The number of esters is 1. The van der Waals surface area contributed by atoms with E-state index >= 15 is 0 Å². The molecule has 2 aliphatic heterocycles. The van der Waals surface area contributed by atoms with Crippen molar-refractivity contribution < 1.29 is 28.6 Å². The molecule has 3 amide bonds. The molecule has 2 aromatic carbocycles. The highest BCUT2D eigenvalue weighted by molar-refractivity contribution is 6.31. The van der Waals surface area contributed by atoms with Gasteiger partial charge in [-0.2, -0.15) is 0 Å². The Morgan fingerprint density at radius 3 is 2.68 bits per heavy atom. The zero-order valence-electron chi connectivity index (χ0n) is 18.7. The Morgan fingerprint density at radius 1 is 1.18 bits per heavy atom. The molecule has 0 saturated heterocycles. The lowest BCUT2D eigenvalue weighted by Crippen LogP contribution is -2.50. The molecule has 0 spiro atoms. The van der Waals surface area contributed by atoms with Crippen molar-refractivity contribution in [3.05, 3.63) is 69.9 Å². The van der Waals surface area contributed by atoms with Crippen molar-refractivity contribution in [3.8, 4) is 11.5 Å². The highest BCUT2D eigenvalue weighted by atomic mass is 35.5. The summed E-state index contributed by atoms with van der Waals surface area (Å²) in [7, 11) is 3.12. The molecule has 1 atom stereocenters. The quantitative estimate of drug-likeness (QED) is 0.557. The number of benzene rings is 2. The lowest BCUT2D eigenvalue weighted by atomic mass is 9.95. The summed E-state index contributed by atoms with van der Waals surface area (Å²) < 4.78 is 15.7. The van der Waals surface area contributed by atoms with Crippen LogP contribution >= 0.6 is 11.6 Å². The van der Waals surface area contributed by atoms with Gasteiger partial charge in [-0.1, -0.05) is 35.9 Å². The maximum absolute atomic E-state index is 12.9. The number of hydrogen-bond donors (Lipinski definition) is 2. The van der Waals surface area contributed by atoms with Gasteiger partial charge in [0.2, 0.25) is 5.91 Å². The summed E-state index contributed by atoms with van der Waals surface area (Å²) in [5.74, 6) is 0.324. The minimum absolute atomic E-state index is 0.0819. The van der Waals surface area contributed by atoms with E-state index < -0.39 is 18.0 Å². The van der Waals surface area contributed by atoms with Gasteiger partial charge in [-0.25, -0.2) is 9.59 Å². The summed E-state index contributed by atoms with van der Waals surface area (Å²) in [5.41, 5.74) is 2.19. The summed E-state index contributed by atoms with van der Waals surface area (Å²) in [6, 6.07) is 11.2. The van der Waals surface area contributed by atoms with Crippen LogP contribution in [0.2, 0.25) is 5.02 Å². The fourth-order valence-corrected chi connectivity index (χ4v) is 4.25. The van der Waals surface area contributed by atoms with E-state index in [1.165, 1.54) is 4.90 Å². The van der Waals surface area contributed by atoms with Crippen LogP contribution in [0.3, 0.4) is 0 Å². The Bertz CT molecular complexity index is 1170. The predicted molar refractivity (Wildman–Crippen MR) is 124 cm³/mol. The summed E-state index contributed by atoms with van der Waals surface area (Å²) >= 11 is 6.29. The molecule has 0 bridgehead atoms. The number of ether oxygens (including phenoxy) is 3. The Morgan fingerprint density at radius 2 is 1.94 bits per heavy atom. The largest absolute Gasteiger partial charge is 0.493 e. The van der Waals surface area contributed by atoms with Gasteiger partial charge in [-0.3, -0.25) is 9.69 Å². The van der Waals surface area contributed by atoms with Gasteiger partial charge < -0.3 is 24.8 Å². The number of carbonyl (C=O) groups excluding carboxylic acids is 3. The number of nitrogens with zero attached hydrogens (tertiary/aromatic N) is 1. The van der Waals surface area contributed by atoms with Crippen LogP contribution in [0.1, 0.15) is 17.2 Å². The maximum atomic E-state index is 12.9. The van der Waals surface area contributed by atoms with Crippen LogP contribution < -0.4 is 20.1 Å². The lowest BCUT2D eigenvalue weighted by Gasteiger charge is -2.32. The average Bonchev–Trinajstić information content (AvgIpc) is 3.22. The van der Waals surface area contributed by atoms with Gasteiger partial charge in [0.15, 0.2) is 11.5 Å². The van der Waals surface area contributed by atoms with Crippen molar-refractivity contribution in [2.75, 3.05) is 33.9 Å². The number of amides is 3. The normalized spacial score (nSPS) is 17.1. The molecule has 178 valence electrons. The van der Waals surface area contributed by atoms with E-state index in [9.17, 15) is 14.4 Å². The molecule has 2 N–H and O–H groups in total. The van der Waals surface area contributed by atoms with Crippen LogP contribution in [0.4, 0.5) is 4.79 Å². The van der Waals surface area contributed by atoms with Crippen LogP contribution in [0.25, 0.3) is 0 Å². The first-order chi connectivity index (χ1) is 16.4. The van der Waals surface area contributed by atoms with E-state index in [0.717, 1.165) is 5.56 Å². The Balaban J connectivity index is 1.43. The molecule has 10 heteroatoms. The van der Waals surface area contributed by atoms with Crippen molar-refractivity contribution in [1.82, 2.24) is 15.5 Å². The van der Waals surface area contributed by atoms with Crippen LogP contribution in [-0.2, 0) is 20.7 Å². The zero-order valence-corrected chi connectivity index (χ0v) is 19.5. The van der Waals surface area contributed by atoms with E-state index in [-0.39, 0.29) is 24.6 Å². The van der Waals surface area contributed by atoms with Gasteiger partial charge >= 0.3 is 12.0 Å². The smallest absolute Gasteiger partial charge is 0.338 e. The van der Waals surface area contributed by atoms with Crippen LogP contribution in [-0.4, -0.2) is 56.7 Å². The summed E-state index contributed by atoms with van der Waals surface area (Å²) in [6.07, 6.45) is 0.558. The standard InChI is InChI=1S/C24H24ClN3O6/c1-32-18-8-7-14(11-19(18)33-2)9-10-26-20(29)12-28-17-13-34-23(30)21(17)22(27-24(28)31)15-5-3-4-6-16(15)25/h3-8,11,22H,9-10,12-13H2,1-2H3,(H,26,29)(H,27,31)/t22-/m1/s1. The third-order valence-electron chi connectivity index (χ3n) is 5.70. The minimum atomic E-state index is -0.740. The molecule has 9 nitrogen and oxygen atoms in total. The average molecular weight is 486 g/mol. The Kier molecular flexibility index (Phi) is 6.93. The molecule has 2 aromatic rings. The molecule has 2 aliphatic rings. The van der Waals surface area contributed by atoms with Crippen LogP contribution in [0.5, 0.6) is 11.5 Å². The first-order valence-corrected chi connectivity index (χ1v) is 11.0. The Labute approximate surface area is 201 Å². The van der Waals surface area contributed by atoms with E-state index in [0.29, 0.717) is 40.7 Å². The van der Waals surface area contributed by atoms with Gasteiger partial charge in [0.05, 0.1) is 31.5 Å². The van der Waals surface area contributed by atoms with Gasteiger partial charge in [0.1, 0.15) is 13.2 Å². The third kappa shape index (κ3) is 4.65. The second-order valence-corrected chi connectivity index (χ2v) is 8.12. The number of rotatable bonds is 8. The van der Waals surface area contributed by atoms with Gasteiger partial charge in [0.25, 0.3) is 0 Å². The topological polar surface area (TPSA) is 106 Å². The molecular formula is C24H24ClN3O6. The monoisotopic (exact) mass is 485 g/mol. The Hall–Kier alpha value is -3.72. The summed E-state index contributed by atoms with van der Waals surface area (Å²) in [6.45, 7) is 0.0251. The first kappa shape index (κ1) is 23.4. The van der Waals surface area contributed by atoms with Crippen molar-refractivity contribution >= 4 is 29.5 Å². The number of hydrogen-bond acceptors (Lipinski definition) is 6. The van der Waals surface area contributed by atoms with Crippen molar-refractivity contribution in [1.29, 1.82) is 0 Å². The highest BCUT2D eigenvalue weighted by Crippen LogP contribution is 2.37. The van der Waals surface area contributed by atoms with E-state index in [4.69, 9.17) is 25.8 Å². The van der Waals surface area contributed by atoms with Crippen molar-refractivity contribution in [3.63, 3.8) is 0 Å². The second kappa shape index (κ2) is 10.0. The number of cyclic esters (lactones) is 1. The van der Waals surface area contributed by atoms with E-state index in [1.54, 1.807) is 44.6 Å². The molecule has 0 fully saturated rings.